The van der Waals surface area contributed by atoms with Gasteiger partial charge in [0, 0.05) is 29.3 Å². The van der Waals surface area contributed by atoms with Crippen LogP contribution in [0.15, 0.2) is 98.1 Å². The quantitative estimate of drug-likeness (QED) is 0.217. The fourth-order valence-corrected chi connectivity index (χ4v) is 8.73. The second kappa shape index (κ2) is 12.8. The third kappa shape index (κ3) is 5.09. The zero-order chi connectivity index (χ0) is 32.7. The van der Waals surface area contributed by atoms with Crippen LogP contribution in [-0.2, 0) is 19.1 Å². The number of rotatable bonds is 11. The van der Waals surface area contributed by atoms with Gasteiger partial charge in [-0.3, -0.25) is 14.4 Å². The Hall–Kier alpha value is -3.79. The van der Waals surface area contributed by atoms with Gasteiger partial charge in [0.25, 0.3) is 5.91 Å². The number of fused-ring (bicyclic) bond motifs is 2. The molecule has 0 aliphatic carbocycles. The van der Waals surface area contributed by atoms with Gasteiger partial charge in [0.1, 0.15) is 11.6 Å². The van der Waals surface area contributed by atoms with Crippen LogP contribution in [0.3, 0.4) is 0 Å². The number of nitrogens with zero attached hydrogens (tertiary/aromatic N) is 3. The van der Waals surface area contributed by atoms with Crippen LogP contribution < -0.4 is 9.80 Å². The Morgan fingerprint density at radius 2 is 1.61 bits per heavy atom. The number of aliphatic hydroxyl groups is 1. The molecule has 8 nitrogen and oxygen atoms in total. The number of ether oxygens (including phenoxy) is 1. The van der Waals surface area contributed by atoms with Crippen molar-refractivity contribution in [3.8, 4) is 0 Å². The number of alkyl halides is 1. The van der Waals surface area contributed by atoms with Gasteiger partial charge in [-0.15, -0.1) is 13.2 Å². The fraction of sp³-hybridized carbons (Fsp3) is 0.378. The SMILES string of the molecule is C=CCN(C(=O)C1N([C@@H](CO)C(C)C)C(=O)[C@@H]2[C@@H](C(=O)N(CC=C)c3ccccc3)[C@@H]3OC12CC3Br)c1ccc2ccccc2c1. The highest BCUT2D eigenvalue weighted by Crippen LogP contribution is 2.61. The lowest BCUT2D eigenvalue weighted by molar-refractivity contribution is -0.145. The molecule has 1 spiro atoms. The van der Waals surface area contributed by atoms with Crippen LogP contribution in [0.5, 0.6) is 0 Å². The summed E-state index contributed by atoms with van der Waals surface area (Å²) < 4.78 is 6.80. The smallest absolute Gasteiger partial charge is 0.253 e. The molecule has 0 radical (unpaired) electrons. The number of anilines is 2. The molecule has 3 aliphatic heterocycles. The fourth-order valence-electron chi connectivity index (χ4n) is 7.79. The minimum absolute atomic E-state index is 0.166. The summed E-state index contributed by atoms with van der Waals surface area (Å²) in [6.45, 7) is 11.7. The maximum atomic E-state index is 15.0. The number of halogens is 1. The predicted molar refractivity (Wildman–Crippen MR) is 184 cm³/mol. The lowest BCUT2D eigenvalue weighted by Crippen LogP contribution is -2.60. The average Bonchev–Trinajstić information content (AvgIpc) is 3.65. The first-order valence-corrected chi connectivity index (χ1v) is 16.7. The zero-order valence-corrected chi connectivity index (χ0v) is 27.8. The van der Waals surface area contributed by atoms with Crippen LogP contribution in [0.2, 0.25) is 0 Å². The van der Waals surface area contributed by atoms with E-state index in [2.05, 4.69) is 29.1 Å². The predicted octanol–water partition coefficient (Wildman–Crippen LogP) is 5.34. The molecular weight excluding hydrogens is 646 g/mol. The van der Waals surface area contributed by atoms with E-state index in [4.69, 9.17) is 4.74 Å². The molecule has 3 aliphatic rings. The van der Waals surface area contributed by atoms with Gasteiger partial charge >= 0.3 is 0 Å². The first-order valence-electron chi connectivity index (χ1n) is 15.8. The molecule has 9 heteroatoms. The lowest BCUT2D eigenvalue weighted by atomic mass is 9.70. The Bertz CT molecular complexity index is 1660. The van der Waals surface area contributed by atoms with Crippen molar-refractivity contribution in [1.82, 2.24) is 4.90 Å². The van der Waals surface area contributed by atoms with Crippen molar-refractivity contribution in [3.05, 3.63) is 98.1 Å². The molecule has 6 rings (SSSR count). The summed E-state index contributed by atoms with van der Waals surface area (Å²) in [5, 5.41) is 12.7. The monoisotopic (exact) mass is 685 g/mol. The molecule has 46 heavy (non-hydrogen) atoms. The largest absolute Gasteiger partial charge is 0.394 e. The number of hydrogen-bond donors (Lipinski definition) is 1. The van der Waals surface area contributed by atoms with E-state index in [9.17, 15) is 14.7 Å². The molecule has 2 bridgehead atoms. The summed E-state index contributed by atoms with van der Waals surface area (Å²) in [5.74, 6) is -2.83. The first kappa shape index (κ1) is 32.2. The van der Waals surface area contributed by atoms with Gasteiger partial charge in [-0.25, -0.2) is 0 Å². The van der Waals surface area contributed by atoms with E-state index in [0.717, 1.165) is 10.8 Å². The highest BCUT2D eigenvalue weighted by Gasteiger charge is 2.77. The summed E-state index contributed by atoms with van der Waals surface area (Å²) in [7, 11) is 0. The maximum Gasteiger partial charge on any atom is 0.253 e. The van der Waals surface area contributed by atoms with Crippen molar-refractivity contribution < 1.29 is 24.2 Å². The van der Waals surface area contributed by atoms with Gasteiger partial charge in [-0.05, 0) is 47.4 Å². The van der Waals surface area contributed by atoms with E-state index in [1.165, 1.54) is 4.90 Å². The second-order valence-electron chi connectivity index (χ2n) is 12.7. The minimum atomic E-state index is -1.28. The van der Waals surface area contributed by atoms with E-state index < -0.39 is 35.6 Å². The highest BCUT2D eigenvalue weighted by atomic mass is 79.9. The molecule has 240 valence electrons. The van der Waals surface area contributed by atoms with Gasteiger partial charge < -0.3 is 24.5 Å². The summed E-state index contributed by atoms with van der Waals surface area (Å²) >= 11 is 3.78. The molecule has 1 N–H and O–H groups in total. The van der Waals surface area contributed by atoms with E-state index in [-0.39, 0.29) is 48.2 Å². The molecule has 3 amide bonds. The molecule has 3 heterocycles. The molecule has 7 atom stereocenters. The van der Waals surface area contributed by atoms with Crippen LogP contribution in [0, 0.1) is 17.8 Å². The number of carbonyl (C=O) groups excluding carboxylic acids is 3. The number of amides is 3. The molecule has 3 aromatic rings. The van der Waals surface area contributed by atoms with Crippen LogP contribution in [0.4, 0.5) is 11.4 Å². The van der Waals surface area contributed by atoms with Crippen molar-refractivity contribution in [2.75, 3.05) is 29.5 Å². The summed E-state index contributed by atoms with van der Waals surface area (Å²) in [6.07, 6.45) is 3.07. The Balaban J connectivity index is 1.47. The number of benzene rings is 3. The van der Waals surface area contributed by atoms with Crippen molar-refractivity contribution in [1.29, 1.82) is 0 Å². The Morgan fingerprint density at radius 1 is 0.978 bits per heavy atom. The number of para-hydroxylation sites is 1. The van der Waals surface area contributed by atoms with Crippen molar-refractivity contribution in [2.45, 2.75) is 48.9 Å². The Kier molecular flexibility index (Phi) is 8.93. The lowest BCUT2D eigenvalue weighted by Gasteiger charge is -2.40. The minimum Gasteiger partial charge on any atom is -0.394 e. The van der Waals surface area contributed by atoms with Gasteiger partial charge in [0.05, 0.1) is 30.6 Å². The van der Waals surface area contributed by atoms with Crippen LogP contribution in [0.1, 0.15) is 20.3 Å². The molecule has 3 unspecified atom stereocenters. The molecule has 0 saturated carbocycles. The van der Waals surface area contributed by atoms with E-state index in [0.29, 0.717) is 17.8 Å². The molecule has 0 aromatic heterocycles. The van der Waals surface area contributed by atoms with Gasteiger partial charge in [-0.1, -0.05) is 90.5 Å². The normalized spacial score (nSPS) is 27.1. The number of likely N-dealkylation sites (tertiary alicyclic amines) is 1. The number of aliphatic hydroxyl groups excluding tert-OH is 1. The van der Waals surface area contributed by atoms with E-state index >= 15 is 4.79 Å². The standard InChI is InChI=1S/C37H40BrN3O5/c1-5-18-39(26-14-8-7-9-15-26)34(43)30-31-35(44)41(29(22-42)23(3)4)33(37(31)21-28(38)32(30)46-37)36(45)40(19-6-2)27-17-16-24-12-10-11-13-25(24)20-27/h5-17,20,23,28-33,42H,1-2,18-19,21-22H2,3-4H3/t28?,29-,30+,31-,32+,33?,37?/m0/s1. The van der Waals surface area contributed by atoms with Gasteiger partial charge in [0.15, 0.2) is 0 Å². The summed E-state index contributed by atoms with van der Waals surface area (Å²) in [6, 6.07) is 21.3. The zero-order valence-electron chi connectivity index (χ0n) is 26.2. The highest BCUT2D eigenvalue weighted by molar-refractivity contribution is 9.09. The third-order valence-corrected chi connectivity index (χ3v) is 10.7. The molecular formula is C37H40BrN3O5. The van der Waals surface area contributed by atoms with Gasteiger partial charge in [0.2, 0.25) is 11.8 Å². The molecule has 3 aromatic carbocycles. The summed E-state index contributed by atoms with van der Waals surface area (Å²) in [4.78, 5) is 48.9. The maximum absolute atomic E-state index is 15.0. The molecule has 3 fully saturated rings. The van der Waals surface area contributed by atoms with Crippen LogP contribution in [0.25, 0.3) is 10.8 Å². The number of carbonyl (C=O) groups is 3. The topological polar surface area (TPSA) is 90.4 Å². The average molecular weight is 687 g/mol. The summed E-state index contributed by atoms with van der Waals surface area (Å²) in [5.41, 5.74) is 0.0783. The van der Waals surface area contributed by atoms with Crippen molar-refractivity contribution >= 4 is 55.8 Å². The number of hydrogen-bond acceptors (Lipinski definition) is 5. The molecule has 3 saturated heterocycles. The van der Waals surface area contributed by atoms with Crippen molar-refractivity contribution in [3.63, 3.8) is 0 Å². The van der Waals surface area contributed by atoms with E-state index in [1.54, 1.807) is 22.0 Å². The third-order valence-electron chi connectivity index (χ3n) is 9.83. The Labute approximate surface area is 278 Å². The van der Waals surface area contributed by atoms with E-state index in [1.807, 2.05) is 86.6 Å². The van der Waals surface area contributed by atoms with Crippen LogP contribution in [-0.4, -0.2) is 76.0 Å². The van der Waals surface area contributed by atoms with Crippen molar-refractivity contribution in [2.24, 2.45) is 17.8 Å². The Morgan fingerprint density at radius 3 is 2.24 bits per heavy atom. The second-order valence-corrected chi connectivity index (χ2v) is 13.9. The first-order chi connectivity index (χ1) is 22.2. The van der Waals surface area contributed by atoms with Crippen LogP contribution >= 0.6 is 15.9 Å². The van der Waals surface area contributed by atoms with Gasteiger partial charge in [-0.2, -0.15) is 0 Å².